The van der Waals surface area contributed by atoms with E-state index in [1.807, 2.05) is 0 Å². The molecule has 3 N–H and O–H groups in total. The van der Waals surface area contributed by atoms with Crippen molar-refractivity contribution in [2.45, 2.75) is 19.3 Å². The summed E-state index contributed by atoms with van der Waals surface area (Å²) in [7, 11) is 1.66. The van der Waals surface area contributed by atoms with E-state index in [-0.39, 0.29) is 5.41 Å². The minimum absolute atomic E-state index is 0.0503. The van der Waals surface area contributed by atoms with Gasteiger partial charge in [-0.3, -0.25) is 0 Å². The highest BCUT2D eigenvalue weighted by molar-refractivity contribution is 6.32. The molecule has 0 bridgehead atoms. The molecule has 0 unspecified atom stereocenters. The Morgan fingerprint density at radius 2 is 2.42 bits per heavy atom. The summed E-state index contributed by atoms with van der Waals surface area (Å²) < 4.78 is 5.09. The van der Waals surface area contributed by atoms with Crippen LogP contribution >= 0.6 is 0 Å². The zero-order valence-corrected chi connectivity index (χ0v) is 7.34. The summed E-state index contributed by atoms with van der Waals surface area (Å²) in [4.78, 5) is 0. The van der Waals surface area contributed by atoms with Crippen molar-refractivity contribution in [2.75, 3.05) is 13.7 Å². The van der Waals surface area contributed by atoms with Crippen LogP contribution in [0.2, 0.25) is 0 Å². The average Bonchev–Trinajstić information content (AvgIpc) is 2.02. The Kier molecular flexibility index (Phi) is 2.81. The maximum absolute atomic E-state index is 7.14. The number of rotatable bonds is 4. The van der Waals surface area contributed by atoms with Crippen LogP contribution in [0.5, 0.6) is 0 Å². The molecule has 0 atom stereocenters. The summed E-state index contributed by atoms with van der Waals surface area (Å²) in [5, 5.41) is 10.8. The van der Waals surface area contributed by atoms with Gasteiger partial charge in [0.2, 0.25) is 0 Å². The smallest absolute Gasteiger partial charge is 0.0860 e. The van der Waals surface area contributed by atoms with Crippen molar-refractivity contribution in [1.82, 2.24) is 0 Å². The van der Waals surface area contributed by atoms with Crippen LogP contribution in [-0.2, 0) is 4.74 Å². The van der Waals surface area contributed by atoms with Crippen molar-refractivity contribution in [2.24, 2.45) is 16.4 Å². The molecular weight excluding hydrogens is 154 g/mol. The molecule has 0 saturated heterocycles. The van der Waals surface area contributed by atoms with E-state index < -0.39 is 0 Å². The van der Waals surface area contributed by atoms with E-state index in [0.29, 0.717) is 12.3 Å². The fourth-order valence-corrected chi connectivity index (χ4v) is 1.68. The van der Waals surface area contributed by atoms with E-state index in [1.54, 1.807) is 7.11 Å². The lowest BCUT2D eigenvalue weighted by atomic mass is 9.66. The Bertz CT molecular complexity index is 196. The Balaban J connectivity index is 2.71. The Morgan fingerprint density at radius 1 is 1.75 bits per heavy atom. The fraction of sp³-hybridized carbons (Fsp3) is 0.750. The normalized spacial score (nSPS) is 21.6. The maximum Gasteiger partial charge on any atom is 0.0860 e. The van der Waals surface area contributed by atoms with Gasteiger partial charge >= 0.3 is 0 Å². The third kappa shape index (κ3) is 1.34. The van der Waals surface area contributed by atoms with Gasteiger partial charge in [-0.1, -0.05) is 6.42 Å². The summed E-state index contributed by atoms with van der Waals surface area (Å²) in [6.45, 7) is 0.623. The second kappa shape index (κ2) is 3.67. The van der Waals surface area contributed by atoms with Gasteiger partial charge in [-0.2, -0.15) is 5.10 Å². The quantitative estimate of drug-likeness (QED) is 0.370. The fourth-order valence-electron chi connectivity index (χ4n) is 1.68. The van der Waals surface area contributed by atoms with E-state index in [2.05, 4.69) is 5.10 Å². The van der Waals surface area contributed by atoms with Crippen molar-refractivity contribution in [3.05, 3.63) is 0 Å². The SMILES string of the molecule is COCC1(/C(C=N)=N/N)CCC1. The van der Waals surface area contributed by atoms with Gasteiger partial charge in [0.15, 0.2) is 0 Å². The molecule has 0 radical (unpaired) electrons. The number of hydrazone groups is 1. The molecule has 4 heteroatoms. The summed E-state index contributed by atoms with van der Waals surface area (Å²) in [5.41, 5.74) is 0.612. The van der Waals surface area contributed by atoms with Crippen molar-refractivity contribution in [3.63, 3.8) is 0 Å². The van der Waals surface area contributed by atoms with Crippen molar-refractivity contribution in [3.8, 4) is 0 Å². The molecule has 68 valence electrons. The first-order valence-electron chi connectivity index (χ1n) is 4.07. The predicted octanol–water partition coefficient (Wildman–Crippen LogP) is 0.767. The number of methoxy groups -OCH3 is 1. The summed E-state index contributed by atoms with van der Waals surface area (Å²) >= 11 is 0. The molecule has 1 fully saturated rings. The molecular formula is C8H15N3O. The topological polar surface area (TPSA) is 71.5 Å². The van der Waals surface area contributed by atoms with Crippen LogP contribution in [0.3, 0.4) is 0 Å². The molecule has 0 spiro atoms. The minimum atomic E-state index is -0.0503. The lowest BCUT2D eigenvalue weighted by molar-refractivity contribution is 0.0728. The minimum Gasteiger partial charge on any atom is -0.384 e. The zero-order chi connectivity index (χ0) is 9.03. The highest BCUT2D eigenvalue weighted by atomic mass is 16.5. The van der Waals surface area contributed by atoms with Gasteiger partial charge in [0.05, 0.1) is 12.3 Å². The molecule has 0 aromatic rings. The molecule has 0 heterocycles. The van der Waals surface area contributed by atoms with Crippen molar-refractivity contribution >= 4 is 11.9 Å². The molecule has 0 aliphatic heterocycles. The second-order valence-corrected chi connectivity index (χ2v) is 3.23. The molecule has 0 amide bonds. The van der Waals surface area contributed by atoms with Gasteiger partial charge in [-0.15, -0.1) is 0 Å². The third-order valence-electron chi connectivity index (χ3n) is 2.55. The Hall–Kier alpha value is -0.900. The average molecular weight is 169 g/mol. The first kappa shape index (κ1) is 9.19. The monoisotopic (exact) mass is 169 g/mol. The molecule has 0 aromatic carbocycles. The van der Waals surface area contributed by atoms with Gasteiger partial charge in [0.25, 0.3) is 0 Å². The lowest BCUT2D eigenvalue weighted by Crippen LogP contribution is -2.43. The molecule has 0 aromatic heterocycles. The number of hydrogen-bond acceptors (Lipinski definition) is 4. The van der Waals surface area contributed by atoms with Crippen molar-refractivity contribution < 1.29 is 4.74 Å². The van der Waals surface area contributed by atoms with Gasteiger partial charge in [0.1, 0.15) is 0 Å². The maximum atomic E-state index is 7.14. The summed E-state index contributed by atoms with van der Waals surface area (Å²) in [6.07, 6.45) is 4.48. The first-order valence-corrected chi connectivity index (χ1v) is 4.07. The van der Waals surface area contributed by atoms with E-state index >= 15 is 0 Å². The van der Waals surface area contributed by atoms with Gasteiger partial charge in [-0.05, 0) is 12.8 Å². The summed E-state index contributed by atoms with van der Waals surface area (Å²) in [6, 6.07) is 0. The predicted molar refractivity (Wildman–Crippen MR) is 48.6 cm³/mol. The highest BCUT2D eigenvalue weighted by Gasteiger charge is 2.41. The van der Waals surface area contributed by atoms with E-state index in [1.165, 1.54) is 12.6 Å². The lowest BCUT2D eigenvalue weighted by Gasteiger charge is -2.40. The van der Waals surface area contributed by atoms with Crippen LogP contribution in [0.4, 0.5) is 0 Å². The number of nitrogens with one attached hydrogen (secondary N) is 1. The molecule has 1 aliphatic carbocycles. The van der Waals surface area contributed by atoms with Crippen LogP contribution in [0.25, 0.3) is 0 Å². The summed E-state index contributed by atoms with van der Waals surface area (Å²) in [5.74, 6) is 5.19. The van der Waals surface area contributed by atoms with Gasteiger partial charge in [0, 0.05) is 18.7 Å². The van der Waals surface area contributed by atoms with E-state index in [9.17, 15) is 0 Å². The number of hydrogen-bond donors (Lipinski definition) is 2. The largest absolute Gasteiger partial charge is 0.384 e. The van der Waals surface area contributed by atoms with Crippen LogP contribution in [0.15, 0.2) is 5.10 Å². The Morgan fingerprint density at radius 3 is 2.67 bits per heavy atom. The molecule has 12 heavy (non-hydrogen) atoms. The number of ether oxygens (including phenoxy) is 1. The Labute approximate surface area is 72.3 Å². The number of nitrogens with zero attached hydrogens (tertiary/aromatic N) is 1. The number of nitrogens with two attached hydrogens (primary N) is 1. The van der Waals surface area contributed by atoms with E-state index in [0.717, 1.165) is 12.8 Å². The second-order valence-electron chi connectivity index (χ2n) is 3.23. The van der Waals surface area contributed by atoms with E-state index in [4.69, 9.17) is 16.0 Å². The first-order chi connectivity index (χ1) is 5.79. The van der Waals surface area contributed by atoms with Crippen LogP contribution in [0.1, 0.15) is 19.3 Å². The highest BCUT2D eigenvalue weighted by Crippen LogP contribution is 2.41. The van der Waals surface area contributed by atoms with Crippen molar-refractivity contribution in [1.29, 1.82) is 5.41 Å². The van der Waals surface area contributed by atoms with Gasteiger partial charge < -0.3 is 16.0 Å². The molecule has 1 rings (SSSR count). The van der Waals surface area contributed by atoms with Crippen LogP contribution in [-0.4, -0.2) is 25.6 Å². The third-order valence-corrected chi connectivity index (χ3v) is 2.55. The molecule has 4 nitrogen and oxygen atoms in total. The standard InChI is InChI=1S/C8H15N3O/c1-12-6-8(3-2-4-8)7(5-9)11-10/h5,9H,2-4,6,10H2,1H3/b9-5?,11-7+. The van der Waals surface area contributed by atoms with Gasteiger partial charge in [-0.25, -0.2) is 0 Å². The molecule has 1 saturated carbocycles. The van der Waals surface area contributed by atoms with Crippen LogP contribution < -0.4 is 5.84 Å². The zero-order valence-electron chi connectivity index (χ0n) is 7.34. The molecule has 1 aliphatic rings. The van der Waals surface area contributed by atoms with Crippen LogP contribution in [0, 0.1) is 10.8 Å².